The zero-order valence-corrected chi connectivity index (χ0v) is 10.7. The Hall–Kier alpha value is -1.50. The maximum atomic E-state index is 12.8. The minimum Gasteiger partial charge on any atom is -0.477 e. The molecule has 0 saturated carbocycles. The van der Waals surface area contributed by atoms with E-state index in [-0.39, 0.29) is 21.9 Å². The van der Waals surface area contributed by atoms with Crippen molar-refractivity contribution in [2.75, 3.05) is 0 Å². The lowest BCUT2D eigenvalue weighted by molar-refractivity contribution is 0.0702. The second kappa shape index (κ2) is 4.64. The zero-order chi connectivity index (χ0) is 13.4. The van der Waals surface area contributed by atoms with E-state index in [0.29, 0.717) is 11.4 Å². The Morgan fingerprint density at radius 3 is 2.72 bits per heavy atom. The van der Waals surface area contributed by atoms with Crippen molar-refractivity contribution < 1.29 is 18.7 Å². The van der Waals surface area contributed by atoms with Crippen molar-refractivity contribution in [3.8, 4) is 0 Å². The molecule has 0 bridgehead atoms. The molecule has 4 nitrogen and oxygen atoms in total. The van der Waals surface area contributed by atoms with Gasteiger partial charge in [0, 0.05) is 11.9 Å². The Balaban J connectivity index is 2.60. The number of hydrogen-bond donors (Lipinski definition) is 1. The van der Waals surface area contributed by atoms with Crippen LogP contribution < -0.4 is 0 Å². The van der Waals surface area contributed by atoms with E-state index in [1.54, 1.807) is 0 Å². The molecule has 18 heavy (non-hydrogen) atoms. The summed E-state index contributed by atoms with van der Waals surface area (Å²) in [5.41, 5.74) is -0.339. The maximum Gasteiger partial charge on any atom is 0.345 e. The molecule has 0 spiro atoms. The monoisotopic (exact) mass is 274 g/mol. The van der Waals surface area contributed by atoms with Crippen LogP contribution in [0.1, 0.15) is 35.6 Å². The average molecular weight is 274 g/mol. The third kappa shape index (κ3) is 2.22. The number of rotatable bonds is 4. The normalized spacial score (nSPS) is 11.9. The molecule has 7 heteroatoms. The first kappa shape index (κ1) is 12.9. The average Bonchev–Trinajstić information content (AvgIpc) is 2.77. The van der Waals surface area contributed by atoms with Crippen molar-refractivity contribution in [1.29, 1.82) is 0 Å². The first-order valence-corrected chi connectivity index (χ1v) is 6.23. The predicted octanol–water partition coefficient (Wildman–Crippen LogP) is 3.39. The standard InChI is InChI=1S/C11H12F2N2O2S/c1-5(2)4-15-10-6(8(14-15)9(12)13)3-7(18-10)11(16)17/h3,5,9H,4H2,1-2H3,(H,16,17). The Kier molecular flexibility index (Phi) is 3.34. The lowest BCUT2D eigenvalue weighted by Crippen LogP contribution is -2.06. The summed E-state index contributed by atoms with van der Waals surface area (Å²) < 4.78 is 27.1. The van der Waals surface area contributed by atoms with Gasteiger partial charge in [-0.3, -0.25) is 4.68 Å². The summed E-state index contributed by atoms with van der Waals surface area (Å²) in [7, 11) is 0. The molecule has 2 aromatic heterocycles. The highest BCUT2D eigenvalue weighted by atomic mass is 32.1. The highest BCUT2D eigenvalue weighted by molar-refractivity contribution is 7.20. The summed E-state index contributed by atoms with van der Waals surface area (Å²) in [5, 5.41) is 13.0. The molecule has 0 aromatic carbocycles. The van der Waals surface area contributed by atoms with Gasteiger partial charge in [-0.2, -0.15) is 5.10 Å². The predicted molar refractivity (Wildman–Crippen MR) is 64.4 cm³/mol. The molecular weight excluding hydrogens is 262 g/mol. The number of carbonyl (C=O) groups is 1. The summed E-state index contributed by atoms with van der Waals surface area (Å²) >= 11 is 0.980. The summed E-state index contributed by atoms with van der Waals surface area (Å²) in [4.78, 5) is 11.4. The van der Waals surface area contributed by atoms with Gasteiger partial charge < -0.3 is 5.11 Å². The minimum absolute atomic E-state index is 0.0572. The van der Waals surface area contributed by atoms with Gasteiger partial charge in [0.2, 0.25) is 0 Å². The number of fused-ring (bicyclic) bond motifs is 1. The number of alkyl halides is 2. The lowest BCUT2D eigenvalue weighted by atomic mass is 10.2. The molecule has 0 fully saturated rings. The number of halogens is 2. The molecule has 0 radical (unpaired) electrons. The van der Waals surface area contributed by atoms with Gasteiger partial charge in [0.1, 0.15) is 15.4 Å². The number of carboxylic acid groups (broad SMARTS) is 1. The lowest BCUT2D eigenvalue weighted by Gasteiger charge is -2.04. The van der Waals surface area contributed by atoms with Crippen LogP contribution in [0.2, 0.25) is 0 Å². The van der Waals surface area contributed by atoms with E-state index in [0.717, 1.165) is 11.3 Å². The molecule has 98 valence electrons. The molecule has 2 rings (SSSR count). The second-order valence-corrected chi connectivity index (χ2v) is 5.43. The fraction of sp³-hybridized carbons (Fsp3) is 0.455. The van der Waals surface area contributed by atoms with E-state index in [9.17, 15) is 13.6 Å². The van der Waals surface area contributed by atoms with Crippen LogP contribution >= 0.6 is 11.3 Å². The van der Waals surface area contributed by atoms with Crippen LogP contribution in [-0.4, -0.2) is 20.9 Å². The van der Waals surface area contributed by atoms with Crippen molar-refractivity contribution in [2.45, 2.75) is 26.8 Å². The quantitative estimate of drug-likeness (QED) is 0.929. The third-order valence-electron chi connectivity index (χ3n) is 2.41. The SMILES string of the molecule is CC(C)Cn1nc(C(F)F)c2cc(C(=O)O)sc21. The van der Waals surface area contributed by atoms with E-state index in [1.807, 2.05) is 13.8 Å². The summed E-state index contributed by atoms with van der Waals surface area (Å²) in [6.45, 7) is 4.38. The van der Waals surface area contributed by atoms with Crippen LogP contribution in [0.15, 0.2) is 6.07 Å². The number of hydrogen-bond acceptors (Lipinski definition) is 3. The largest absolute Gasteiger partial charge is 0.477 e. The van der Waals surface area contributed by atoms with Gasteiger partial charge in [0.15, 0.2) is 0 Å². The van der Waals surface area contributed by atoms with Crippen LogP contribution in [0.5, 0.6) is 0 Å². The molecule has 0 aliphatic rings. The van der Waals surface area contributed by atoms with Crippen LogP contribution in [0.25, 0.3) is 10.2 Å². The first-order chi connectivity index (χ1) is 8.40. The van der Waals surface area contributed by atoms with Crippen LogP contribution in [0.3, 0.4) is 0 Å². The van der Waals surface area contributed by atoms with Crippen molar-refractivity contribution in [2.24, 2.45) is 5.92 Å². The summed E-state index contributed by atoms with van der Waals surface area (Å²) in [6, 6.07) is 1.27. The fourth-order valence-corrected chi connectivity index (χ4v) is 2.69. The molecule has 0 aliphatic carbocycles. The molecular formula is C11H12F2N2O2S. The molecule has 0 unspecified atom stereocenters. The van der Waals surface area contributed by atoms with Crippen LogP contribution in [0.4, 0.5) is 8.78 Å². The zero-order valence-electron chi connectivity index (χ0n) is 9.85. The molecule has 0 amide bonds. The summed E-state index contributed by atoms with van der Waals surface area (Å²) in [6.07, 6.45) is -2.70. The van der Waals surface area contributed by atoms with Crippen molar-refractivity contribution >= 4 is 27.5 Å². The first-order valence-electron chi connectivity index (χ1n) is 5.41. The molecule has 0 saturated heterocycles. The van der Waals surface area contributed by atoms with E-state index in [2.05, 4.69) is 5.10 Å². The van der Waals surface area contributed by atoms with Crippen LogP contribution in [0, 0.1) is 5.92 Å². The van der Waals surface area contributed by atoms with Gasteiger partial charge in [-0.15, -0.1) is 11.3 Å². The van der Waals surface area contributed by atoms with Crippen molar-refractivity contribution in [3.05, 3.63) is 16.6 Å². The highest BCUT2D eigenvalue weighted by Gasteiger charge is 2.22. The second-order valence-electron chi connectivity index (χ2n) is 4.40. The third-order valence-corrected chi connectivity index (χ3v) is 3.54. The smallest absolute Gasteiger partial charge is 0.345 e. The Morgan fingerprint density at radius 2 is 2.22 bits per heavy atom. The topological polar surface area (TPSA) is 55.1 Å². The van der Waals surface area contributed by atoms with E-state index < -0.39 is 12.4 Å². The number of nitrogens with zero attached hydrogens (tertiary/aromatic N) is 2. The number of thiophene rings is 1. The summed E-state index contributed by atoms with van der Waals surface area (Å²) in [5.74, 6) is -0.860. The van der Waals surface area contributed by atoms with Gasteiger partial charge in [0.25, 0.3) is 6.43 Å². The maximum absolute atomic E-state index is 12.8. The van der Waals surface area contributed by atoms with Gasteiger partial charge in [-0.05, 0) is 12.0 Å². The van der Waals surface area contributed by atoms with Gasteiger partial charge in [0.05, 0.1) is 0 Å². The number of aromatic carboxylic acids is 1. The minimum atomic E-state index is -2.70. The molecule has 0 atom stereocenters. The van der Waals surface area contributed by atoms with E-state index in [4.69, 9.17) is 5.11 Å². The van der Waals surface area contributed by atoms with Crippen molar-refractivity contribution in [3.63, 3.8) is 0 Å². The molecule has 2 heterocycles. The fourth-order valence-electron chi connectivity index (χ4n) is 1.72. The van der Waals surface area contributed by atoms with Gasteiger partial charge in [-0.1, -0.05) is 13.8 Å². The highest BCUT2D eigenvalue weighted by Crippen LogP contribution is 2.33. The Bertz CT molecular complexity index is 589. The number of carboxylic acids is 1. The van der Waals surface area contributed by atoms with E-state index in [1.165, 1.54) is 10.7 Å². The van der Waals surface area contributed by atoms with Crippen molar-refractivity contribution in [1.82, 2.24) is 9.78 Å². The van der Waals surface area contributed by atoms with Gasteiger partial charge in [-0.25, -0.2) is 13.6 Å². The van der Waals surface area contributed by atoms with E-state index >= 15 is 0 Å². The Labute approximate surface area is 106 Å². The number of aromatic nitrogens is 2. The molecule has 1 N–H and O–H groups in total. The van der Waals surface area contributed by atoms with Crippen LogP contribution in [-0.2, 0) is 6.54 Å². The molecule has 0 aliphatic heterocycles. The van der Waals surface area contributed by atoms with Gasteiger partial charge >= 0.3 is 5.97 Å². The molecule has 2 aromatic rings. The Morgan fingerprint density at radius 1 is 1.56 bits per heavy atom.